The molecule has 0 radical (unpaired) electrons. The molecular weight excluding hydrogens is 336 g/mol. The van der Waals surface area contributed by atoms with Crippen LogP contribution in [0.25, 0.3) is 22.6 Å². The smallest absolute Gasteiger partial charge is 0.255 e. The van der Waals surface area contributed by atoms with Crippen LogP contribution >= 0.6 is 0 Å². The van der Waals surface area contributed by atoms with E-state index in [9.17, 15) is 4.79 Å². The van der Waals surface area contributed by atoms with Crippen molar-refractivity contribution >= 4 is 22.7 Å². The Morgan fingerprint density at radius 1 is 1.04 bits per heavy atom. The van der Waals surface area contributed by atoms with Crippen LogP contribution in [0.5, 0.6) is 0 Å². The van der Waals surface area contributed by atoms with E-state index in [1.54, 1.807) is 0 Å². The predicted octanol–water partition coefficient (Wildman–Crippen LogP) is 5.62. The molecule has 4 aromatic rings. The Kier molecular flexibility index (Phi) is 4.47. The van der Waals surface area contributed by atoms with Crippen molar-refractivity contribution in [1.82, 2.24) is 4.98 Å². The Balaban J connectivity index is 1.58. The molecule has 0 aliphatic heterocycles. The van der Waals surface area contributed by atoms with Crippen LogP contribution in [0.15, 0.2) is 71.1 Å². The summed E-state index contributed by atoms with van der Waals surface area (Å²) in [5.41, 5.74) is 6.07. The van der Waals surface area contributed by atoms with Gasteiger partial charge in [0.15, 0.2) is 5.58 Å². The van der Waals surface area contributed by atoms with Crippen molar-refractivity contribution in [3.63, 3.8) is 0 Å². The Morgan fingerprint density at radius 3 is 2.63 bits per heavy atom. The molecule has 1 amide bonds. The first-order valence-electron chi connectivity index (χ1n) is 9.00. The minimum Gasteiger partial charge on any atom is -0.436 e. The number of anilines is 1. The van der Waals surface area contributed by atoms with E-state index in [0.717, 1.165) is 28.6 Å². The van der Waals surface area contributed by atoms with E-state index in [1.807, 2.05) is 73.7 Å². The average Bonchev–Trinajstić information content (AvgIpc) is 3.11. The molecule has 4 heteroatoms. The average molecular weight is 356 g/mol. The summed E-state index contributed by atoms with van der Waals surface area (Å²) in [6.07, 6.45) is 0.952. The standard InChI is InChI=1S/C23H20N2O2/c1-3-16-8-10-17(11-9-16)22(26)24-19-6-4-5-18(14-19)23-25-20-12-7-15(2)13-21(20)27-23/h4-14H,3H2,1-2H3,(H,24,26). The van der Waals surface area contributed by atoms with Crippen LogP contribution in [-0.4, -0.2) is 10.9 Å². The highest BCUT2D eigenvalue weighted by Gasteiger charge is 2.11. The lowest BCUT2D eigenvalue weighted by molar-refractivity contribution is 0.102. The molecule has 0 saturated carbocycles. The fourth-order valence-electron chi connectivity index (χ4n) is 2.98. The van der Waals surface area contributed by atoms with Crippen molar-refractivity contribution in [2.24, 2.45) is 0 Å². The molecule has 0 saturated heterocycles. The first-order valence-corrected chi connectivity index (χ1v) is 9.00. The van der Waals surface area contributed by atoms with Gasteiger partial charge in [-0.15, -0.1) is 0 Å². The highest BCUT2D eigenvalue weighted by Crippen LogP contribution is 2.27. The number of nitrogens with zero attached hydrogens (tertiary/aromatic N) is 1. The molecule has 3 aromatic carbocycles. The number of benzene rings is 3. The van der Waals surface area contributed by atoms with Crippen LogP contribution in [0.4, 0.5) is 5.69 Å². The lowest BCUT2D eigenvalue weighted by Crippen LogP contribution is -2.11. The molecule has 4 rings (SSSR count). The maximum atomic E-state index is 12.5. The molecule has 0 bridgehead atoms. The van der Waals surface area contributed by atoms with E-state index >= 15 is 0 Å². The number of nitrogens with one attached hydrogen (secondary N) is 1. The predicted molar refractivity (Wildman–Crippen MR) is 108 cm³/mol. The summed E-state index contributed by atoms with van der Waals surface area (Å²) in [4.78, 5) is 17.0. The summed E-state index contributed by atoms with van der Waals surface area (Å²) in [5.74, 6) is 0.405. The Bertz CT molecular complexity index is 1110. The quantitative estimate of drug-likeness (QED) is 0.516. The number of fused-ring (bicyclic) bond motifs is 1. The fourth-order valence-corrected chi connectivity index (χ4v) is 2.98. The fraction of sp³-hybridized carbons (Fsp3) is 0.130. The number of hydrogen-bond donors (Lipinski definition) is 1. The summed E-state index contributed by atoms with van der Waals surface area (Å²) in [6.45, 7) is 4.11. The molecule has 1 heterocycles. The number of amides is 1. The SMILES string of the molecule is CCc1ccc(C(=O)Nc2cccc(-c3nc4ccc(C)cc4o3)c2)cc1. The molecule has 0 unspecified atom stereocenters. The molecule has 0 aliphatic carbocycles. The van der Waals surface area contributed by atoms with E-state index in [1.165, 1.54) is 5.56 Å². The number of rotatable bonds is 4. The normalized spacial score (nSPS) is 10.9. The van der Waals surface area contributed by atoms with Gasteiger partial charge in [-0.1, -0.05) is 31.2 Å². The van der Waals surface area contributed by atoms with Gasteiger partial charge in [0.25, 0.3) is 5.91 Å². The minimum absolute atomic E-state index is 0.136. The van der Waals surface area contributed by atoms with Crippen molar-refractivity contribution in [3.05, 3.63) is 83.4 Å². The zero-order chi connectivity index (χ0) is 18.8. The van der Waals surface area contributed by atoms with Crippen molar-refractivity contribution in [2.75, 3.05) is 5.32 Å². The maximum Gasteiger partial charge on any atom is 0.255 e. The van der Waals surface area contributed by atoms with Gasteiger partial charge in [0.05, 0.1) is 0 Å². The Morgan fingerprint density at radius 2 is 1.85 bits per heavy atom. The van der Waals surface area contributed by atoms with Crippen LogP contribution in [-0.2, 0) is 6.42 Å². The van der Waals surface area contributed by atoms with E-state index in [0.29, 0.717) is 17.1 Å². The summed E-state index contributed by atoms with van der Waals surface area (Å²) in [7, 11) is 0. The van der Waals surface area contributed by atoms with Crippen LogP contribution in [0.2, 0.25) is 0 Å². The van der Waals surface area contributed by atoms with E-state index in [-0.39, 0.29) is 5.91 Å². The van der Waals surface area contributed by atoms with Crippen molar-refractivity contribution in [3.8, 4) is 11.5 Å². The summed E-state index contributed by atoms with van der Waals surface area (Å²) < 4.78 is 5.88. The van der Waals surface area contributed by atoms with Gasteiger partial charge in [-0.3, -0.25) is 4.79 Å². The number of carbonyl (C=O) groups is 1. The summed E-state index contributed by atoms with van der Waals surface area (Å²) in [5, 5.41) is 2.94. The Hall–Kier alpha value is -3.40. The number of oxazole rings is 1. The molecule has 1 aromatic heterocycles. The second kappa shape index (κ2) is 7.08. The minimum atomic E-state index is -0.136. The third kappa shape index (κ3) is 3.60. The van der Waals surface area contributed by atoms with Gasteiger partial charge in [0.1, 0.15) is 5.52 Å². The van der Waals surface area contributed by atoms with Crippen molar-refractivity contribution in [2.45, 2.75) is 20.3 Å². The molecule has 0 aliphatic rings. The van der Waals surface area contributed by atoms with E-state index in [4.69, 9.17) is 4.42 Å². The number of aryl methyl sites for hydroxylation is 2. The second-order valence-corrected chi connectivity index (χ2v) is 6.58. The highest BCUT2D eigenvalue weighted by molar-refractivity contribution is 6.04. The maximum absolute atomic E-state index is 12.5. The van der Waals surface area contributed by atoms with Gasteiger partial charge in [0, 0.05) is 16.8 Å². The van der Waals surface area contributed by atoms with Crippen LogP contribution in [0, 0.1) is 6.92 Å². The van der Waals surface area contributed by atoms with Gasteiger partial charge in [-0.25, -0.2) is 4.98 Å². The zero-order valence-corrected chi connectivity index (χ0v) is 15.3. The topological polar surface area (TPSA) is 55.1 Å². The molecule has 134 valence electrons. The number of aromatic nitrogens is 1. The lowest BCUT2D eigenvalue weighted by Gasteiger charge is -2.07. The van der Waals surface area contributed by atoms with E-state index in [2.05, 4.69) is 17.2 Å². The third-order valence-corrected chi connectivity index (χ3v) is 4.54. The molecule has 0 spiro atoms. The molecular formula is C23H20N2O2. The van der Waals surface area contributed by atoms with Gasteiger partial charge in [0.2, 0.25) is 5.89 Å². The monoisotopic (exact) mass is 356 g/mol. The zero-order valence-electron chi connectivity index (χ0n) is 15.3. The molecule has 0 fully saturated rings. The van der Waals surface area contributed by atoms with Crippen LogP contribution < -0.4 is 5.32 Å². The van der Waals surface area contributed by atoms with Crippen LogP contribution in [0.1, 0.15) is 28.4 Å². The summed E-state index contributed by atoms with van der Waals surface area (Å²) >= 11 is 0. The number of carbonyl (C=O) groups excluding carboxylic acids is 1. The van der Waals surface area contributed by atoms with Crippen molar-refractivity contribution < 1.29 is 9.21 Å². The Labute approximate surface area is 157 Å². The molecule has 4 nitrogen and oxygen atoms in total. The van der Waals surface area contributed by atoms with Gasteiger partial charge >= 0.3 is 0 Å². The van der Waals surface area contributed by atoms with Gasteiger partial charge in [-0.2, -0.15) is 0 Å². The highest BCUT2D eigenvalue weighted by atomic mass is 16.3. The first-order chi connectivity index (χ1) is 13.1. The third-order valence-electron chi connectivity index (χ3n) is 4.54. The molecule has 1 N–H and O–H groups in total. The van der Waals surface area contributed by atoms with Crippen LogP contribution in [0.3, 0.4) is 0 Å². The molecule has 27 heavy (non-hydrogen) atoms. The number of hydrogen-bond acceptors (Lipinski definition) is 3. The second-order valence-electron chi connectivity index (χ2n) is 6.58. The van der Waals surface area contributed by atoms with Gasteiger partial charge in [-0.05, 0) is 66.9 Å². The molecule has 0 atom stereocenters. The summed E-state index contributed by atoms with van der Waals surface area (Å²) in [6, 6.07) is 21.1. The van der Waals surface area contributed by atoms with Crippen molar-refractivity contribution in [1.29, 1.82) is 0 Å². The van der Waals surface area contributed by atoms with E-state index < -0.39 is 0 Å². The largest absolute Gasteiger partial charge is 0.436 e. The first kappa shape index (κ1) is 17.0. The lowest BCUT2D eigenvalue weighted by atomic mass is 10.1. The van der Waals surface area contributed by atoms with Gasteiger partial charge < -0.3 is 9.73 Å².